The van der Waals surface area contributed by atoms with Crippen LogP contribution in [0.4, 0.5) is 0 Å². The number of aliphatic hydroxyl groups excluding tert-OH is 1. The number of aliphatic hydroxyl groups is 1. The summed E-state index contributed by atoms with van der Waals surface area (Å²) >= 11 is 0. The second-order valence-corrected chi connectivity index (χ2v) is 12.8. The highest BCUT2D eigenvalue weighted by Gasteiger charge is 2.42. The molecule has 2 heterocycles. The van der Waals surface area contributed by atoms with Crippen LogP contribution in [0.2, 0.25) is 0 Å². The Morgan fingerprint density at radius 3 is 1.87 bits per heavy atom. The predicted molar refractivity (Wildman–Crippen MR) is 178 cm³/mol. The molecule has 0 saturated carbocycles. The van der Waals surface area contributed by atoms with Crippen LogP contribution in [-0.2, 0) is 43.2 Å². The first kappa shape index (κ1) is 43.3. The van der Waals surface area contributed by atoms with Gasteiger partial charge in [-0.15, -0.1) is 0 Å². The molecular formula is C31H50N8O13. The molecule has 7 atom stereocenters. The molecule has 21 heteroatoms. The third-order valence-electron chi connectivity index (χ3n) is 8.72. The third-order valence-corrected chi connectivity index (χ3v) is 8.72. The van der Waals surface area contributed by atoms with E-state index in [1.807, 2.05) is 5.32 Å². The van der Waals surface area contributed by atoms with Crippen LogP contribution in [0.15, 0.2) is 0 Å². The second-order valence-electron chi connectivity index (χ2n) is 12.8. The van der Waals surface area contributed by atoms with Crippen LogP contribution in [0.3, 0.4) is 0 Å². The molecule has 0 unspecified atom stereocenters. The largest absolute Gasteiger partial charge is 0.481 e. The fourth-order valence-corrected chi connectivity index (χ4v) is 5.98. The summed E-state index contributed by atoms with van der Waals surface area (Å²) in [6, 6.07) is -7.81. The van der Waals surface area contributed by atoms with E-state index in [1.54, 1.807) is 0 Å². The highest BCUT2D eigenvalue weighted by atomic mass is 16.4. The maximum Gasteiger partial charge on any atom is 0.326 e. The maximum absolute atomic E-state index is 13.7. The lowest BCUT2D eigenvalue weighted by Crippen LogP contribution is -2.60. The van der Waals surface area contributed by atoms with Crippen molar-refractivity contribution in [1.29, 1.82) is 0 Å². The molecule has 52 heavy (non-hydrogen) atoms. The Morgan fingerprint density at radius 1 is 0.769 bits per heavy atom. The number of carbonyl (C=O) groups excluding carboxylic acids is 6. The standard InChI is InChI=1S/C31H50N8O13/c1-16(40)25(37-28(48)21-8-4-12-38(21)29(49)17(33)6-2-3-11-32)30(50)39-13-5-7-20(39)27(47)36-18(9-10-23(42)43)26(46)34-15-22(41)35-19(31(51)52)14-24(44)45/h16-21,25,40H,2-15,32-33H2,1H3,(H,34,46)(H,35,41)(H,36,47)(H,37,48)(H,42,43)(H,44,45)(H,51,52)/t16-,17+,18+,19+,20+,21+,25+/m1/s1. The van der Waals surface area contributed by atoms with Crippen molar-refractivity contribution in [2.75, 3.05) is 26.2 Å². The van der Waals surface area contributed by atoms with Gasteiger partial charge in [0.2, 0.25) is 35.4 Å². The number of carboxylic acids is 3. The Bertz CT molecular complexity index is 1350. The molecule has 292 valence electrons. The van der Waals surface area contributed by atoms with E-state index in [0.717, 1.165) is 4.90 Å². The van der Waals surface area contributed by atoms with Crippen LogP contribution in [0.25, 0.3) is 0 Å². The lowest BCUT2D eigenvalue weighted by molar-refractivity contribution is -0.147. The topological polar surface area (TPSA) is 341 Å². The quantitative estimate of drug-likeness (QED) is 0.0499. The monoisotopic (exact) mass is 742 g/mol. The van der Waals surface area contributed by atoms with Gasteiger partial charge in [-0.05, 0) is 58.4 Å². The molecular weight excluding hydrogens is 692 g/mol. The number of rotatable bonds is 21. The van der Waals surface area contributed by atoms with Crippen molar-refractivity contribution in [3.05, 3.63) is 0 Å². The number of nitrogens with zero attached hydrogens (tertiary/aromatic N) is 2. The number of unbranched alkanes of at least 4 members (excludes halogenated alkanes) is 1. The van der Waals surface area contributed by atoms with Crippen molar-refractivity contribution >= 4 is 53.4 Å². The Hall–Kier alpha value is -4.89. The zero-order valence-electron chi connectivity index (χ0n) is 29.0. The van der Waals surface area contributed by atoms with Crippen molar-refractivity contribution in [2.45, 2.75) is 113 Å². The fraction of sp³-hybridized carbons (Fsp3) is 0.710. The van der Waals surface area contributed by atoms with Gasteiger partial charge in [0.25, 0.3) is 0 Å². The first-order valence-corrected chi connectivity index (χ1v) is 17.1. The summed E-state index contributed by atoms with van der Waals surface area (Å²) in [5.41, 5.74) is 11.6. The average molecular weight is 743 g/mol. The summed E-state index contributed by atoms with van der Waals surface area (Å²) in [7, 11) is 0. The lowest BCUT2D eigenvalue weighted by atomic mass is 10.1. The van der Waals surface area contributed by atoms with Crippen LogP contribution in [0.1, 0.15) is 71.1 Å². The molecule has 2 fully saturated rings. The number of likely N-dealkylation sites (tertiary alicyclic amines) is 2. The Balaban J connectivity index is 2.11. The smallest absolute Gasteiger partial charge is 0.326 e. The third kappa shape index (κ3) is 13.0. The molecule has 2 rings (SSSR count). The molecule has 2 saturated heterocycles. The van der Waals surface area contributed by atoms with Crippen molar-refractivity contribution < 1.29 is 63.6 Å². The summed E-state index contributed by atoms with van der Waals surface area (Å²) in [4.78, 5) is 115. The van der Waals surface area contributed by atoms with E-state index in [-0.39, 0.29) is 19.5 Å². The molecule has 0 spiro atoms. The van der Waals surface area contributed by atoms with Crippen LogP contribution >= 0.6 is 0 Å². The van der Waals surface area contributed by atoms with Gasteiger partial charge < -0.3 is 63.0 Å². The van der Waals surface area contributed by atoms with Crippen LogP contribution < -0.4 is 32.7 Å². The zero-order chi connectivity index (χ0) is 39.1. The zero-order valence-corrected chi connectivity index (χ0v) is 29.0. The molecule has 2 aliphatic heterocycles. The highest BCUT2D eigenvalue weighted by molar-refractivity contribution is 5.97. The number of hydrogen-bond acceptors (Lipinski definition) is 12. The van der Waals surface area contributed by atoms with Gasteiger partial charge in [0, 0.05) is 19.5 Å². The number of amides is 6. The SMILES string of the molecule is C[C@@H](O)[C@H](NC(=O)[C@@H]1CCCN1C(=O)[C@@H](N)CCCCN)C(=O)N1CCC[C@H]1C(=O)N[C@@H](CCC(=O)O)C(=O)NCC(=O)N[C@@H](CC(=O)O)C(=O)O. The summed E-state index contributed by atoms with van der Waals surface area (Å²) < 4.78 is 0. The van der Waals surface area contributed by atoms with E-state index in [4.69, 9.17) is 21.7 Å². The number of aliphatic carboxylic acids is 3. The summed E-state index contributed by atoms with van der Waals surface area (Å²) in [5, 5.41) is 46.6. The van der Waals surface area contributed by atoms with Gasteiger partial charge in [-0.3, -0.25) is 38.4 Å². The minimum Gasteiger partial charge on any atom is -0.481 e. The summed E-state index contributed by atoms with van der Waals surface area (Å²) in [5.74, 6) is -9.32. The van der Waals surface area contributed by atoms with Gasteiger partial charge in [0.05, 0.1) is 25.1 Å². The van der Waals surface area contributed by atoms with E-state index in [0.29, 0.717) is 45.1 Å². The van der Waals surface area contributed by atoms with Gasteiger partial charge >= 0.3 is 17.9 Å². The lowest BCUT2D eigenvalue weighted by Gasteiger charge is -2.32. The summed E-state index contributed by atoms with van der Waals surface area (Å²) in [6.45, 7) is 1.19. The first-order valence-electron chi connectivity index (χ1n) is 17.1. The molecule has 12 N–H and O–H groups in total. The van der Waals surface area contributed by atoms with E-state index in [1.165, 1.54) is 11.8 Å². The molecule has 2 aliphatic rings. The van der Waals surface area contributed by atoms with Gasteiger partial charge in [-0.1, -0.05) is 6.42 Å². The average Bonchev–Trinajstić information content (AvgIpc) is 3.77. The predicted octanol–water partition coefficient (Wildman–Crippen LogP) is -4.20. The fourth-order valence-electron chi connectivity index (χ4n) is 5.98. The van der Waals surface area contributed by atoms with E-state index in [9.17, 15) is 53.4 Å². The van der Waals surface area contributed by atoms with E-state index in [2.05, 4.69) is 16.0 Å². The van der Waals surface area contributed by atoms with E-state index < -0.39 is 122 Å². The van der Waals surface area contributed by atoms with Crippen molar-refractivity contribution in [3.63, 3.8) is 0 Å². The van der Waals surface area contributed by atoms with Crippen molar-refractivity contribution in [1.82, 2.24) is 31.1 Å². The molecule has 21 nitrogen and oxygen atoms in total. The Morgan fingerprint density at radius 2 is 1.35 bits per heavy atom. The maximum atomic E-state index is 13.7. The van der Waals surface area contributed by atoms with Crippen LogP contribution in [0, 0.1) is 0 Å². The van der Waals surface area contributed by atoms with Gasteiger partial charge in [-0.25, -0.2) is 4.79 Å². The molecule has 0 aromatic carbocycles. The molecule has 0 aliphatic carbocycles. The molecule has 6 amide bonds. The molecule has 0 aromatic rings. The van der Waals surface area contributed by atoms with Gasteiger partial charge in [0.15, 0.2) is 0 Å². The second kappa shape index (κ2) is 20.8. The number of nitrogens with one attached hydrogen (secondary N) is 4. The minimum atomic E-state index is -1.79. The van der Waals surface area contributed by atoms with Gasteiger partial charge in [-0.2, -0.15) is 0 Å². The summed E-state index contributed by atoms with van der Waals surface area (Å²) in [6.07, 6.45) is -0.463. The minimum absolute atomic E-state index is 0.0367. The van der Waals surface area contributed by atoms with Crippen LogP contribution in [-0.4, -0.2) is 152 Å². The van der Waals surface area contributed by atoms with Crippen molar-refractivity contribution in [3.8, 4) is 0 Å². The number of hydrogen-bond donors (Lipinski definition) is 10. The molecule has 0 radical (unpaired) electrons. The van der Waals surface area contributed by atoms with Gasteiger partial charge in [0.1, 0.15) is 30.2 Å². The number of nitrogens with two attached hydrogens (primary N) is 2. The highest BCUT2D eigenvalue weighted by Crippen LogP contribution is 2.22. The Labute approximate surface area is 299 Å². The normalized spacial score (nSPS) is 19.8. The number of carboxylic acid groups (broad SMARTS) is 3. The van der Waals surface area contributed by atoms with E-state index >= 15 is 0 Å². The number of carbonyl (C=O) groups is 9. The first-order chi connectivity index (χ1) is 24.5. The Kier molecular flexibility index (Phi) is 17.3. The van der Waals surface area contributed by atoms with Crippen molar-refractivity contribution in [2.24, 2.45) is 11.5 Å². The molecule has 0 aromatic heterocycles. The van der Waals surface area contributed by atoms with Crippen LogP contribution in [0.5, 0.6) is 0 Å². The molecule has 0 bridgehead atoms.